The van der Waals surface area contributed by atoms with Gasteiger partial charge in [-0.15, -0.1) is 0 Å². The summed E-state index contributed by atoms with van der Waals surface area (Å²) in [5.41, 5.74) is 2.72. The lowest BCUT2D eigenvalue weighted by atomic mass is 9.98. The summed E-state index contributed by atoms with van der Waals surface area (Å²) >= 11 is 0. The van der Waals surface area contributed by atoms with Crippen molar-refractivity contribution >= 4 is 5.91 Å². The Balaban J connectivity index is 1.96. The third-order valence-electron chi connectivity index (χ3n) is 4.66. The molecule has 1 aliphatic rings. The van der Waals surface area contributed by atoms with E-state index < -0.39 is 0 Å². The van der Waals surface area contributed by atoms with Crippen LogP contribution in [0.4, 0.5) is 0 Å². The number of hydrogen-bond donors (Lipinski definition) is 2. The van der Waals surface area contributed by atoms with Gasteiger partial charge in [0.25, 0.3) is 0 Å². The van der Waals surface area contributed by atoms with E-state index in [2.05, 4.69) is 48.3 Å². The van der Waals surface area contributed by atoms with Crippen LogP contribution in [0.3, 0.4) is 0 Å². The van der Waals surface area contributed by atoms with Gasteiger partial charge in [-0.3, -0.25) is 9.69 Å². The maximum absolute atomic E-state index is 12.5. The molecule has 0 saturated heterocycles. The minimum absolute atomic E-state index is 0.0389. The Bertz CT molecular complexity index is 502. The fraction of sp³-hybridized carbons (Fsp3) is 0.611. The zero-order valence-electron chi connectivity index (χ0n) is 13.9. The van der Waals surface area contributed by atoms with Crippen LogP contribution in [-0.2, 0) is 17.8 Å². The number of nitrogens with one attached hydrogen (secondary N) is 1. The topological polar surface area (TPSA) is 52.6 Å². The van der Waals surface area contributed by atoms with E-state index in [0.717, 1.165) is 19.5 Å². The van der Waals surface area contributed by atoms with Crippen LogP contribution in [0.1, 0.15) is 38.3 Å². The van der Waals surface area contributed by atoms with Crippen molar-refractivity contribution in [2.45, 2.75) is 52.2 Å². The largest absolute Gasteiger partial charge is 0.396 e. The molecule has 0 saturated carbocycles. The van der Waals surface area contributed by atoms with Gasteiger partial charge < -0.3 is 10.4 Å². The Morgan fingerprint density at radius 3 is 2.59 bits per heavy atom. The highest BCUT2D eigenvalue weighted by atomic mass is 16.3. The van der Waals surface area contributed by atoms with Crippen LogP contribution in [0.2, 0.25) is 0 Å². The lowest BCUT2D eigenvalue weighted by Gasteiger charge is -2.34. The molecule has 4 nitrogen and oxygen atoms in total. The molecule has 0 spiro atoms. The highest BCUT2D eigenvalue weighted by Gasteiger charge is 2.27. The number of carbonyl (C=O) groups excluding carboxylic acids is 1. The van der Waals surface area contributed by atoms with E-state index in [4.69, 9.17) is 5.11 Å². The van der Waals surface area contributed by atoms with Gasteiger partial charge in [0.2, 0.25) is 5.91 Å². The van der Waals surface area contributed by atoms with E-state index in [1.54, 1.807) is 0 Å². The lowest BCUT2D eigenvalue weighted by Crippen LogP contribution is -2.50. The van der Waals surface area contributed by atoms with Crippen molar-refractivity contribution in [1.82, 2.24) is 10.2 Å². The zero-order valence-corrected chi connectivity index (χ0v) is 13.9. The third kappa shape index (κ3) is 4.08. The quantitative estimate of drug-likeness (QED) is 0.845. The second kappa shape index (κ2) is 7.75. The molecule has 1 aliphatic heterocycles. The van der Waals surface area contributed by atoms with Crippen molar-refractivity contribution in [3.63, 3.8) is 0 Å². The van der Waals surface area contributed by atoms with Gasteiger partial charge in [-0.2, -0.15) is 0 Å². The Morgan fingerprint density at radius 2 is 1.95 bits per heavy atom. The minimum atomic E-state index is -0.145. The summed E-state index contributed by atoms with van der Waals surface area (Å²) in [5, 5.41) is 12.2. The van der Waals surface area contributed by atoms with Crippen molar-refractivity contribution in [3.8, 4) is 0 Å². The third-order valence-corrected chi connectivity index (χ3v) is 4.66. The molecule has 2 N–H and O–H groups in total. The van der Waals surface area contributed by atoms with Crippen molar-refractivity contribution in [2.75, 3.05) is 13.2 Å². The lowest BCUT2D eigenvalue weighted by molar-refractivity contribution is -0.127. The van der Waals surface area contributed by atoms with Gasteiger partial charge in [0.05, 0.1) is 6.04 Å². The van der Waals surface area contributed by atoms with Crippen LogP contribution in [0, 0.1) is 5.92 Å². The summed E-state index contributed by atoms with van der Waals surface area (Å²) in [6.07, 6.45) is 1.61. The summed E-state index contributed by atoms with van der Waals surface area (Å²) in [5.74, 6) is 0.386. The number of nitrogens with zero attached hydrogens (tertiary/aromatic N) is 1. The van der Waals surface area contributed by atoms with E-state index >= 15 is 0 Å². The molecule has 4 heteroatoms. The van der Waals surface area contributed by atoms with Gasteiger partial charge in [-0.25, -0.2) is 0 Å². The molecule has 0 fully saturated rings. The Labute approximate surface area is 133 Å². The summed E-state index contributed by atoms with van der Waals surface area (Å²) < 4.78 is 0. The molecular formula is C18H28N2O2. The van der Waals surface area contributed by atoms with Crippen LogP contribution in [0.15, 0.2) is 24.3 Å². The Hall–Kier alpha value is -1.39. The van der Waals surface area contributed by atoms with Crippen molar-refractivity contribution in [3.05, 3.63) is 35.4 Å². The second-order valence-corrected chi connectivity index (χ2v) is 6.54. The molecule has 0 aromatic heterocycles. The number of fused-ring (bicyclic) bond motifs is 1. The first-order valence-corrected chi connectivity index (χ1v) is 8.25. The Morgan fingerprint density at radius 1 is 1.27 bits per heavy atom. The van der Waals surface area contributed by atoms with Gasteiger partial charge in [0, 0.05) is 25.7 Å². The monoisotopic (exact) mass is 304 g/mol. The first-order chi connectivity index (χ1) is 10.5. The van der Waals surface area contributed by atoms with Crippen molar-refractivity contribution < 1.29 is 9.90 Å². The fourth-order valence-corrected chi connectivity index (χ4v) is 3.03. The average molecular weight is 304 g/mol. The van der Waals surface area contributed by atoms with E-state index in [-0.39, 0.29) is 24.6 Å². The number of hydrogen-bond acceptors (Lipinski definition) is 3. The smallest absolute Gasteiger partial charge is 0.237 e. The van der Waals surface area contributed by atoms with E-state index in [1.165, 1.54) is 11.1 Å². The first kappa shape index (κ1) is 17.0. The molecule has 1 amide bonds. The number of aliphatic hydroxyl groups excluding tert-OH is 1. The molecule has 0 bridgehead atoms. The maximum Gasteiger partial charge on any atom is 0.237 e. The highest BCUT2D eigenvalue weighted by molar-refractivity contribution is 5.81. The molecule has 2 rings (SSSR count). The van der Waals surface area contributed by atoms with Gasteiger partial charge in [-0.05, 0) is 36.8 Å². The fourth-order valence-electron chi connectivity index (χ4n) is 3.03. The van der Waals surface area contributed by atoms with Crippen LogP contribution in [0.5, 0.6) is 0 Å². The van der Waals surface area contributed by atoms with E-state index in [9.17, 15) is 4.79 Å². The molecule has 22 heavy (non-hydrogen) atoms. The second-order valence-electron chi connectivity index (χ2n) is 6.54. The molecule has 122 valence electrons. The molecule has 1 aromatic rings. The maximum atomic E-state index is 12.5. The van der Waals surface area contributed by atoms with Crippen molar-refractivity contribution in [1.29, 1.82) is 0 Å². The number of rotatable bonds is 6. The van der Waals surface area contributed by atoms with Crippen LogP contribution >= 0.6 is 0 Å². The Kier molecular flexibility index (Phi) is 5.98. The van der Waals surface area contributed by atoms with Gasteiger partial charge >= 0.3 is 0 Å². The first-order valence-electron chi connectivity index (χ1n) is 8.25. The van der Waals surface area contributed by atoms with E-state index in [1.807, 2.05) is 6.92 Å². The highest BCUT2D eigenvalue weighted by Crippen LogP contribution is 2.20. The SMILES string of the molecule is CC(C)C(CCO)NC(=O)C(C)N1CCc2ccccc2C1. The van der Waals surface area contributed by atoms with Crippen LogP contribution in [0.25, 0.3) is 0 Å². The molecule has 2 unspecified atom stereocenters. The minimum Gasteiger partial charge on any atom is -0.396 e. The predicted octanol–water partition coefficient (Wildman–Crippen LogP) is 1.96. The molecule has 0 aliphatic carbocycles. The standard InChI is InChI=1S/C18H28N2O2/c1-13(2)17(9-11-21)19-18(22)14(3)20-10-8-15-6-4-5-7-16(15)12-20/h4-7,13-14,17,21H,8-12H2,1-3H3,(H,19,22). The molecule has 0 radical (unpaired) electrons. The van der Waals surface area contributed by atoms with Crippen LogP contribution in [-0.4, -0.2) is 41.1 Å². The number of benzene rings is 1. The van der Waals surface area contributed by atoms with Crippen molar-refractivity contribution in [2.24, 2.45) is 5.92 Å². The molecular weight excluding hydrogens is 276 g/mol. The van der Waals surface area contributed by atoms with Gasteiger partial charge in [0.1, 0.15) is 0 Å². The average Bonchev–Trinajstić information content (AvgIpc) is 2.53. The number of carbonyl (C=O) groups is 1. The normalized spacial score (nSPS) is 17.9. The summed E-state index contributed by atoms with van der Waals surface area (Å²) in [7, 11) is 0. The van der Waals surface area contributed by atoms with Gasteiger partial charge in [0.15, 0.2) is 0 Å². The number of aliphatic hydroxyl groups is 1. The summed E-state index contributed by atoms with van der Waals surface area (Å²) in [6, 6.07) is 8.35. The predicted molar refractivity (Wildman–Crippen MR) is 88.5 cm³/mol. The summed E-state index contributed by atoms with van der Waals surface area (Å²) in [4.78, 5) is 14.7. The molecule has 2 atom stereocenters. The number of amides is 1. The molecule has 1 heterocycles. The zero-order chi connectivity index (χ0) is 16.1. The van der Waals surface area contributed by atoms with Crippen LogP contribution < -0.4 is 5.32 Å². The molecule has 1 aromatic carbocycles. The van der Waals surface area contributed by atoms with Gasteiger partial charge in [-0.1, -0.05) is 38.1 Å². The van der Waals surface area contributed by atoms with E-state index in [0.29, 0.717) is 12.3 Å². The summed E-state index contributed by atoms with van der Waals surface area (Å²) in [6.45, 7) is 7.97.